The molecule has 0 aromatic carbocycles. The van der Waals surface area contributed by atoms with Gasteiger partial charge in [0, 0.05) is 32.4 Å². The lowest BCUT2D eigenvalue weighted by molar-refractivity contribution is -0.922. The SMILES string of the molecule is CC(C)(C)OC(=O)C[N+](CCO)(CCCNC(=O)OC(C)(C)C)CCCNC(=O)OC(C)(C)C.O=C[O-]. The summed E-state index contributed by atoms with van der Waals surface area (Å²) in [6.45, 7) is 17.8. The third kappa shape index (κ3) is 23.5. The van der Waals surface area contributed by atoms with Gasteiger partial charge in [-0.2, -0.15) is 0 Å². The number of alkyl carbamates (subject to hydrolysis) is 2. The van der Waals surface area contributed by atoms with Crippen LogP contribution in [0.2, 0.25) is 0 Å². The quantitative estimate of drug-likeness (QED) is 0.110. The van der Waals surface area contributed by atoms with Gasteiger partial charge in [-0.3, -0.25) is 0 Å². The Kier molecular flexibility index (Phi) is 16.8. The molecule has 3 N–H and O–H groups in total. The van der Waals surface area contributed by atoms with Gasteiger partial charge in [-0.25, -0.2) is 14.4 Å². The Morgan fingerprint density at radius 2 is 1.11 bits per heavy atom. The Morgan fingerprint density at radius 1 is 0.757 bits per heavy atom. The van der Waals surface area contributed by atoms with Crippen LogP contribution in [0.4, 0.5) is 9.59 Å². The summed E-state index contributed by atoms with van der Waals surface area (Å²) in [5, 5.41) is 23.4. The first-order valence-electron chi connectivity index (χ1n) is 12.5. The largest absolute Gasteiger partial charge is 0.554 e. The number of nitrogens with zero attached hydrogens (tertiary/aromatic N) is 1. The molecule has 0 atom stereocenters. The van der Waals surface area contributed by atoms with Gasteiger partial charge in [-0.15, -0.1) is 0 Å². The maximum absolute atomic E-state index is 12.6. The number of hydrogen-bond donors (Lipinski definition) is 3. The van der Waals surface area contributed by atoms with E-state index in [4.69, 9.17) is 24.1 Å². The fraction of sp³-hybridized carbons (Fsp3) is 0.840. The molecule has 0 aromatic rings. The van der Waals surface area contributed by atoms with Gasteiger partial charge in [0.2, 0.25) is 0 Å². The van der Waals surface area contributed by atoms with Crippen LogP contribution in [0.15, 0.2) is 0 Å². The highest BCUT2D eigenvalue weighted by Crippen LogP contribution is 2.14. The number of esters is 1. The molecule has 12 heteroatoms. The van der Waals surface area contributed by atoms with Gasteiger partial charge in [0.1, 0.15) is 23.3 Å². The molecule has 0 aliphatic carbocycles. The Hall–Kier alpha value is -2.60. The normalized spacial score (nSPS) is 11.9. The van der Waals surface area contributed by atoms with E-state index >= 15 is 0 Å². The molecular formula is C25H49N3O9. The minimum Gasteiger partial charge on any atom is -0.554 e. The van der Waals surface area contributed by atoms with E-state index in [1.54, 1.807) is 62.3 Å². The minimum absolute atomic E-state index is 0.0801. The molecule has 12 nitrogen and oxygen atoms in total. The minimum atomic E-state index is -0.623. The number of nitrogens with one attached hydrogen (secondary N) is 2. The van der Waals surface area contributed by atoms with Crippen molar-refractivity contribution in [2.75, 3.05) is 45.9 Å². The van der Waals surface area contributed by atoms with Crippen molar-refractivity contribution in [3.8, 4) is 0 Å². The van der Waals surface area contributed by atoms with Crippen LogP contribution in [-0.2, 0) is 23.8 Å². The average molecular weight is 536 g/mol. The van der Waals surface area contributed by atoms with E-state index in [9.17, 15) is 19.5 Å². The molecule has 0 heterocycles. The summed E-state index contributed by atoms with van der Waals surface area (Å²) in [6.07, 6.45) is 0.145. The Morgan fingerprint density at radius 3 is 1.41 bits per heavy atom. The second-order valence-corrected chi connectivity index (χ2v) is 11.6. The van der Waals surface area contributed by atoms with Gasteiger partial charge >= 0.3 is 18.2 Å². The first-order valence-corrected chi connectivity index (χ1v) is 12.5. The van der Waals surface area contributed by atoms with Crippen LogP contribution in [0.3, 0.4) is 0 Å². The highest BCUT2D eigenvalue weighted by Gasteiger charge is 2.32. The van der Waals surface area contributed by atoms with E-state index in [0.29, 0.717) is 45.6 Å². The van der Waals surface area contributed by atoms with Gasteiger partial charge in [-0.05, 0) is 62.3 Å². The monoisotopic (exact) mass is 535 g/mol. The van der Waals surface area contributed by atoms with E-state index in [-0.39, 0.29) is 23.6 Å². The summed E-state index contributed by atoms with van der Waals surface area (Å²) in [4.78, 5) is 44.7. The fourth-order valence-corrected chi connectivity index (χ4v) is 3.27. The third-order valence-electron chi connectivity index (χ3n) is 4.41. The number of ether oxygens (including phenoxy) is 3. The van der Waals surface area contributed by atoms with Crippen molar-refractivity contribution < 1.29 is 48.1 Å². The van der Waals surface area contributed by atoms with Crippen molar-refractivity contribution in [1.29, 1.82) is 0 Å². The van der Waals surface area contributed by atoms with Gasteiger partial charge in [0.15, 0.2) is 6.54 Å². The van der Waals surface area contributed by atoms with E-state index in [1.165, 1.54) is 0 Å². The van der Waals surface area contributed by atoms with Crippen molar-refractivity contribution in [3.63, 3.8) is 0 Å². The summed E-state index contributed by atoms with van der Waals surface area (Å²) in [6, 6.07) is 0. The number of aliphatic hydroxyl groups excluding tert-OH is 1. The average Bonchev–Trinajstić information content (AvgIpc) is 2.65. The lowest BCUT2D eigenvalue weighted by Crippen LogP contribution is -2.56. The number of carbonyl (C=O) groups excluding carboxylic acids is 4. The molecule has 37 heavy (non-hydrogen) atoms. The van der Waals surface area contributed by atoms with E-state index in [0.717, 1.165) is 0 Å². The summed E-state index contributed by atoms with van der Waals surface area (Å²) >= 11 is 0. The number of carboxylic acid groups (broad SMARTS) is 1. The van der Waals surface area contributed by atoms with Crippen LogP contribution >= 0.6 is 0 Å². The first kappa shape index (κ1) is 36.6. The van der Waals surface area contributed by atoms with Crippen LogP contribution in [0.25, 0.3) is 0 Å². The Labute approximate surface area is 221 Å². The Balaban J connectivity index is 0. The molecule has 0 aromatic heterocycles. The van der Waals surface area contributed by atoms with Crippen LogP contribution in [0.1, 0.15) is 75.2 Å². The molecule has 2 amide bonds. The molecule has 0 bridgehead atoms. The summed E-state index contributed by atoms with van der Waals surface area (Å²) in [7, 11) is 0. The number of aliphatic hydroxyl groups is 1. The third-order valence-corrected chi connectivity index (χ3v) is 4.41. The van der Waals surface area contributed by atoms with Crippen molar-refractivity contribution in [2.45, 2.75) is 92.0 Å². The highest BCUT2D eigenvalue weighted by molar-refractivity contribution is 5.71. The number of amides is 2. The number of quaternary nitrogens is 1. The molecule has 0 spiro atoms. The molecule has 218 valence electrons. The smallest absolute Gasteiger partial charge is 0.407 e. The van der Waals surface area contributed by atoms with Gasteiger partial charge in [-0.1, -0.05) is 0 Å². The molecule has 0 saturated carbocycles. The first-order chi connectivity index (χ1) is 16.8. The van der Waals surface area contributed by atoms with Crippen LogP contribution in [0, 0.1) is 0 Å². The zero-order chi connectivity index (χ0) is 29.3. The lowest BCUT2D eigenvalue weighted by Gasteiger charge is -2.38. The maximum atomic E-state index is 12.6. The van der Waals surface area contributed by atoms with Crippen molar-refractivity contribution in [1.82, 2.24) is 10.6 Å². The standard InChI is InChI=1S/C24H47N3O7.CH2O2/c1-22(2,3)32-19(29)18-27(16-17-28,14-10-12-25-20(30)33-23(4,5)6)15-11-13-26-21(31)34-24(7,8)9;2-1-3/h28H,10-18H2,1-9H3,(H-,25,26,30,31);1H,(H,2,3). The summed E-state index contributed by atoms with van der Waals surface area (Å²) in [5.41, 5.74) is -1.79. The van der Waals surface area contributed by atoms with Crippen molar-refractivity contribution in [2.24, 2.45) is 0 Å². The second-order valence-electron chi connectivity index (χ2n) is 11.6. The fourth-order valence-electron chi connectivity index (χ4n) is 3.27. The molecule has 0 aliphatic heterocycles. The van der Waals surface area contributed by atoms with E-state index < -0.39 is 35.5 Å². The topological polar surface area (TPSA) is 163 Å². The molecular weight excluding hydrogens is 486 g/mol. The predicted molar refractivity (Wildman–Crippen MR) is 136 cm³/mol. The van der Waals surface area contributed by atoms with Gasteiger partial charge < -0.3 is 44.3 Å². The zero-order valence-electron chi connectivity index (χ0n) is 24.1. The number of hydrogen-bond acceptors (Lipinski definition) is 9. The highest BCUT2D eigenvalue weighted by atomic mass is 16.6. The van der Waals surface area contributed by atoms with Crippen LogP contribution in [0.5, 0.6) is 0 Å². The van der Waals surface area contributed by atoms with E-state index in [1.807, 2.05) is 0 Å². The Bertz CT molecular complexity index is 657. The summed E-state index contributed by atoms with van der Waals surface area (Å²) in [5.74, 6) is -0.360. The molecule has 0 unspecified atom stereocenters. The van der Waals surface area contributed by atoms with Gasteiger partial charge in [0.05, 0.1) is 19.7 Å². The van der Waals surface area contributed by atoms with Crippen molar-refractivity contribution in [3.05, 3.63) is 0 Å². The van der Waals surface area contributed by atoms with E-state index in [2.05, 4.69) is 10.6 Å². The number of carbonyl (C=O) groups is 4. The molecule has 0 aliphatic rings. The summed E-state index contributed by atoms with van der Waals surface area (Å²) < 4.78 is 16.3. The number of rotatable bonds is 12. The van der Waals surface area contributed by atoms with Gasteiger partial charge in [0.25, 0.3) is 0 Å². The molecule has 0 saturated heterocycles. The second kappa shape index (κ2) is 17.0. The molecule has 0 rings (SSSR count). The molecule has 0 fully saturated rings. The van der Waals surface area contributed by atoms with Crippen LogP contribution in [-0.4, -0.2) is 96.9 Å². The predicted octanol–water partition coefficient (Wildman–Crippen LogP) is 1.33. The maximum Gasteiger partial charge on any atom is 0.407 e. The van der Waals surface area contributed by atoms with Crippen molar-refractivity contribution >= 4 is 24.6 Å². The van der Waals surface area contributed by atoms with Crippen LogP contribution < -0.4 is 15.7 Å². The zero-order valence-corrected chi connectivity index (χ0v) is 24.1. The lowest BCUT2D eigenvalue weighted by atomic mass is 10.2. The molecule has 0 radical (unpaired) electrons.